The molecule has 2 heterocycles. The van der Waals surface area contributed by atoms with E-state index in [0.29, 0.717) is 22.3 Å². The number of aromatic nitrogens is 4. The maximum Gasteiger partial charge on any atom is 0.261 e. The quantitative estimate of drug-likeness (QED) is 0.790. The lowest BCUT2D eigenvalue weighted by atomic mass is 10.2. The van der Waals surface area contributed by atoms with Crippen LogP contribution in [0.3, 0.4) is 0 Å². The second-order valence-corrected chi connectivity index (χ2v) is 6.98. The number of benzene rings is 1. The largest absolute Gasteiger partial charge is 0.296 e. The molecule has 0 radical (unpaired) electrons. The highest BCUT2D eigenvalue weighted by Crippen LogP contribution is 2.42. The van der Waals surface area contributed by atoms with Crippen LogP contribution in [0.2, 0.25) is 0 Å². The summed E-state index contributed by atoms with van der Waals surface area (Å²) in [5, 5.41) is 17.2. The molecule has 0 bridgehead atoms. The number of aryl methyl sites for hydroxylation is 1. The Bertz CT molecular complexity index is 895. The van der Waals surface area contributed by atoms with Crippen molar-refractivity contribution in [3.8, 4) is 5.69 Å². The van der Waals surface area contributed by atoms with Crippen molar-refractivity contribution in [3.63, 3.8) is 0 Å². The van der Waals surface area contributed by atoms with Gasteiger partial charge in [0.1, 0.15) is 5.01 Å². The van der Waals surface area contributed by atoms with Crippen LogP contribution in [0.25, 0.3) is 5.69 Å². The molecular weight excluding hydrogens is 322 g/mol. The van der Waals surface area contributed by atoms with Crippen LogP contribution in [0, 0.1) is 13.8 Å². The molecule has 6 nitrogen and oxygen atoms in total. The van der Waals surface area contributed by atoms with Gasteiger partial charge in [0.25, 0.3) is 5.91 Å². The van der Waals surface area contributed by atoms with Crippen molar-refractivity contribution in [2.45, 2.75) is 32.6 Å². The van der Waals surface area contributed by atoms with Crippen molar-refractivity contribution < 1.29 is 4.79 Å². The number of hydrogen-bond acceptors (Lipinski definition) is 5. The van der Waals surface area contributed by atoms with Gasteiger partial charge in [0.05, 0.1) is 22.6 Å². The van der Waals surface area contributed by atoms with Gasteiger partial charge in [0.15, 0.2) is 0 Å². The van der Waals surface area contributed by atoms with Gasteiger partial charge in [-0.1, -0.05) is 29.5 Å². The molecule has 0 saturated heterocycles. The number of nitrogens with one attached hydrogen (secondary N) is 1. The Hall–Kier alpha value is -2.54. The van der Waals surface area contributed by atoms with Gasteiger partial charge in [-0.25, -0.2) is 4.68 Å². The molecule has 0 aliphatic heterocycles. The third-order valence-corrected chi connectivity index (χ3v) is 5.11. The topological polar surface area (TPSA) is 72.7 Å². The van der Waals surface area contributed by atoms with E-state index in [2.05, 4.69) is 20.6 Å². The second kappa shape index (κ2) is 5.83. The van der Waals surface area contributed by atoms with E-state index < -0.39 is 0 Å². The molecule has 1 fully saturated rings. The maximum atomic E-state index is 12.7. The van der Waals surface area contributed by atoms with E-state index in [1.54, 1.807) is 4.68 Å². The standard InChI is InChI=1S/C17H17N5OS/c1-10-14(11(2)22(21-10)13-6-4-3-5-7-13)15(23)18-17-20-19-16(24-17)12-8-9-12/h3-7,12H,8-9H2,1-2H3,(H,18,20,23). The molecule has 0 spiro atoms. The molecule has 1 aliphatic carbocycles. The zero-order valence-corrected chi connectivity index (χ0v) is 14.3. The molecule has 0 atom stereocenters. The lowest BCUT2D eigenvalue weighted by molar-refractivity contribution is 0.102. The van der Waals surface area contributed by atoms with E-state index in [1.165, 1.54) is 24.2 Å². The molecule has 3 aromatic rings. The first-order valence-electron chi connectivity index (χ1n) is 7.90. The summed E-state index contributed by atoms with van der Waals surface area (Å²) in [6, 6.07) is 9.79. The fraction of sp³-hybridized carbons (Fsp3) is 0.294. The van der Waals surface area contributed by atoms with Crippen LogP contribution in [0.15, 0.2) is 30.3 Å². The normalized spacial score (nSPS) is 13.9. The molecular formula is C17H17N5OS. The first-order valence-corrected chi connectivity index (χ1v) is 8.71. The fourth-order valence-corrected chi connectivity index (χ4v) is 3.64. The van der Waals surface area contributed by atoms with Crippen molar-refractivity contribution in [3.05, 3.63) is 52.3 Å². The van der Waals surface area contributed by atoms with E-state index >= 15 is 0 Å². The summed E-state index contributed by atoms with van der Waals surface area (Å²) in [6.45, 7) is 3.74. The summed E-state index contributed by atoms with van der Waals surface area (Å²) in [6.07, 6.45) is 2.34. The Balaban J connectivity index is 1.61. The Morgan fingerprint density at radius 2 is 1.96 bits per heavy atom. The molecule has 24 heavy (non-hydrogen) atoms. The molecule has 122 valence electrons. The summed E-state index contributed by atoms with van der Waals surface area (Å²) in [4.78, 5) is 12.7. The average Bonchev–Trinajstić information content (AvgIpc) is 3.25. The number of rotatable bonds is 4. The Morgan fingerprint density at radius 3 is 2.67 bits per heavy atom. The maximum absolute atomic E-state index is 12.7. The molecule has 1 N–H and O–H groups in total. The Labute approximate surface area is 143 Å². The Morgan fingerprint density at radius 1 is 1.21 bits per heavy atom. The lowest BCUT2D eigenvalue weighted by Crippen LogP contribution is -2.14. The van der Waals surface area contributed by atoms with Crippen LogP contribution < -0.4 is 5.32 Å². The summed E-state index contributed by atoms with van der Waals surface area (Å²) < 4.78 is 1.79. The molecule has 0 unspecified atom stereocenters. The van der Waals surface area contributed by atoms with Gasteiger partial charge < -0.3 is 0 Å². The summed E-state index contributed by atoms with van der Waals surface area (Å²) in [7, 11) is 0. The number of hydrogen-bond donors (Lipinski definition) is 1. The highest BCUT2D eigenvalue weighted by atomic mass is 32.1. The summed E-state index contributed by atoms with van der Waals surface area (Å²) in [5.74, 6) is 0.350. The highest BCUT2D eigenvalue weighted by Gasteiger charge is 2.28. The zero-order chi connectivity index (χ0) is 16.7. The number of carbonyl (C=O) groups is 1. The molecule has 1 aliphatic rings. The van der Waals surface area contributed by atoms with Crippen LogP contribution in [0.4, 0.5) is 5.13 Å². The van der Waals surface area contributed by atoms with Crippen molar-refractivity contribution >= 4 is 22.4 Å². The van der Waals surface area contributed by atoms with E-state index in [0.717, 1.165) is 16.4 Å². The van der Waals surface area contributed by atoms with Gasteiger partial charge in [-0.2, -0.15) is 5.10 Å². The Kier molecular flexibility index (Phi) is 3.65. The van der Waals surface area contributed by atoms with Gasteiger partial charge in [-0.05, 0) is 38.8 Å². The minimum atomic E-state index is -0.189. The number of nitrogens with zero attached hydrogens (tertiary/aromatic N) is 4. The molecule has 2 aromatic heterocycles. The van der Waals surface area contributed by atoms with E-state index in [-0.39, 0.29) is 5.91 Å². The molecule has 1 saturated carbocycles. The summed E-state index contributed by atoms with van der Waals surface area (Å²) in [5.41, 5.74) is 3.02. The molecule has 1 aromatic carbocycles. The van der Waals surface area contributed by atoms with Gasteiger partial charge in [0.2, 0.25) is 5.13 Å². The first kappa shape index (κ1) is 15.0. The van der Waals surface area contributed by atoms with Crippen molar-refractivity contribution in [2.24, 2.45) is 0 Å². The minimum Gasteiger partial charge on any atom is -0.296 e. The third-order valence-electron chi connectivity index (χ3n) is 4.11. The smallest absolute Gasteiger partial charge is 0.261 e. The van der Waals surface area contributed by atoms with Gasteiger partial charge in [-0.3, -0.25) is 10.1 Å². The van der Waals surface area contributed by atoms with Crippen LogP contribution in [-0.4, -0.2) is 25.9 Å². The summed E-state index contributed by atoms with van der Waals surface area (Å²) >= 11 is 1.46. The monoisotopic (exact) mass is 339 g/mol. The third kappa shape index (κ3) is 2.71. The van der Waals surface area contributed by atoms with Crippen LogP contribution >= 0.6 is 11.3 Å². The van der Waals surface area contributed by atoms with Crippen molar-refractivity contribution in [2.75, 3.05) is 5.32 Å². The zero-order valence-electron chi connectivity index (χ0n) is 13.5. The van der Waals surface area contributed by atoms with Crippen LogP contribution in [-0.2, 0) is 0 Å². The van der Waals surface area contributed by atoms with Crippen molar-refractivity contribution in [1.29, 1.82) is 0 Å². The number of amides is 1. The van der Waals surface area contributed by atoms with E-state index in [1.807, 2.05) is 44.2 Å². The van der Waals surface area contributed by atoms with Gasteiger partial charge in [-0.15, -0.1) is 10.2 Å². The first-order chi connectivity index (χ1) is 11.6. The fourth-order valence-electron chi connectivity index (χ4n) is 2.73. The van der Waals surface area contributed by atoms with Gasteiger partial charge >= 0.3 is 0 Å². The highest BCUT2D eigenvalue weighted by molar-refractivity contribution is 7.15. The molecule has 7 heteroatoms. The number of carbonyl (C=O) groups excluding carboxylic acids is 1. The van der Waals surface area contributed by atoms with E-state index in [4.69, 9.17) is 0 Å². The second-order valence-electron chi connectivity index (χ2n) is 5.97. The van der Waals surface area contributed by atoms with Crippen molar-refractivity contribution in [1.82, 2.24) is 20.0 Å². The molecule has 1 amide bonds. The van der Waals surface area contributed by atoms with Crippen LogP contribution in [0.5, 0.6) is 0 Å². The SMILES string of the molecule is Cc1nn(-c2ccccc2)c(C)c1C(=O)Nc1nnc(C2CC2)s1. The predicted octanol–water partition coefficient (Wildman–Crippen LogP) is 3.47. The van der Waals surface area contributed by atoms with Gasteiger partial charge in [0, 0.05) is 5.92 Å². The predicted molar refractivity (Wildman–Crippen MR) is 92.9 cm³/mol. The number of anilines is 1. The minimum absolute atomic E-state index is 0.189. The van der Waals surface area contributed by atoms with Crippen LogP contribution in [0.1, 0.15) is 45.5 Å². The molecule has 4 rings (SSSR count). The van der Waals surface area contributed by atoms with E-state index in [9.17, 15) is 4.79 Å². The average molecular weight is 339 g/mol. The number of para-hydroxylation sites is 1. The lowest BCUT2D eigenvalue weighted by Gasteiger charge is -2.05.